The van der Waals surface area contributed by atoms with E-state index in [1.54, 1.807) is 0 Å². The fourth-order valence-corrected chi connectivity index (χ4v) is 3.23. The van der Waals surface area contributed by atoms with Gasteiger partial charge in [-0.2, -0.15) is 0 Å². The van der Waals surface area contributed by atoms with Crippen molar-refractivity contribution in [3.8, 4) is 0 Å². The van der Waals surface area contributed by atoms with Gasteiger partial charge in [-0.3, -0.25) is 9.69 Å². The third kappa shape index (κ3) is 4.43. The number of hydrogen-bond acceptors (Lipinski definition) is 4. The maximum atomic E-state index is 12.4. The molecule has 1 amide bonds. The fourth-order valence-electron chi connectivity index (χ4n) is 3.23. The smallest absolute Gasteiger partial charge is 0.224 e. The lowest BCUT2D eigenvalue weighted by atomic mass is 9.94. The summed E-state index contributed by atoms with van der Waals surface area (Å²) in [6.07, 6.45) is 4.94. The topological polar surface area (TPSA) is 52.8 Å². The fraction of sp³-hybridized carbons (Fsp3) is 0.933. The summed E-state index contributed by atoms with van der Waals surface area (Å²) >= 11 is 0. The molecule has 0 aromatic carbocycles. The number of hydrogen-bond donors (Lipinski definition) is 1. The van der Waals surface area contributed by atoms with Crippen molar-refractivity contribution in [3.05, 3.63) is 0 Å². The summed E-state index contributed by atoms with van der Waals surface area (Å²) in [4.78, 5) is 19.0. The lowest BCUT2D eigenvalue weighted by Gasteiger charge is -2.36. The first kappa shape index (κ1) is 15.7. The average molecular weight is 282 g/mol. The number of nitrogens with zero attached hydrogens (tertiary/aromatic N) is 3. The standard InChI is InChI=1S/C15H30N4O/c1-17(2)7-8-18-9-11-19(12-10-18)14(20)13-15(16)5-3-4-6-15/h3-13,16H2,1-2H3. The summed E-state index contributed by atoms with van der Waals surface area (Å²) in [6.45, 7) is 5.90. The number of carbonyl (C=O) groups excluding carboxylic acids is 1. The van der Waals surface area contributed by atoms with Crippen molar-refractivity contribution >= 4 is 5.91 Å². The molecule has 20 heavy (non-hydrogen) atoms. The highest BCUT2D eigenvalue weighted by atomic mass is 16.2. The third-order valence-corrected chi connectivity index (χ3v) is 4.69. The number of piperazine rings is 1. The molecule has 1 aliphatic carbocycles. The highest BCUT2D eigenvalue weighted by Crippen LogP contribution is 2.30. The van der Waals surface area contributed by atoms with Crippen molar-refractivity contribution in [3.63, 3.8) is 0 Å². The predicted molar refractivity (Wildman–Crippen MR) is 81.6 cm³/mol. The second kappa shape index (κ2) is 6.87. The Kier molecular flexibility index (Phi) is 5.41. The molecular formula is C15H30N4O. The summed E-state index contributed by atoms with van der Waals surface area (Å²) < 4.78 is 0. The second-order valence-corrected chi connectivity index (χ2v) is 6.77. The molecule has 1 saturated carbocycles. The van der Waals surface area contributed by atoms with E-state index < -0.39 is 0 Å². The zero-order valence-electron chi connectivity index (χ0n) is 13.1. The van der Waals surface area contributed by atoms with E-state index in [1.807, 2.05) is 4.90 Å². The molecule has 5 heteroatoms. The lowest BCUT2D eigenvalue weighted by molar-refractivity contribution is -0.134. The minimum atomic E-state index is -0.209. The van der Waals surface area contributed by atoms with Crippen molar-refractivity contribution in [1.29, 1.82) is 0 Å². The Bertz CT molecular complexity index is 318. The van der Waals surface area contributed by atoms with Crippen LogP contribution in [0.15, 0.2) is 0 Å². The SMILES string of the molecule is CN(C)CCN1CCN(C(=O)CC2(N)CCCC2)CC1. The zero-order valence-corrected chi connectivity index (χ0v) is 13.1. The van der Waals surface area contributed by atoms with Crippen molar-refractivity contribution in [2.24, 2.45) is 5.73 Å². The van der Waals surface area contributed by atoms with Crippen molar-refractivity contribution in [2.45, 2.75) is 37.6 Å². The maximum Gasteiger partial charge on any atom is 0.224 e. The molecule has 0 bridgehead atoms. The van der Waals surface area contributed by atoms with Gasteiger partial charge in [-0.25, -0.2) is 0 Å². The van der Waals surface area contributed by atoms with Crippen LogP contribution >= 0.6 is 0 Å². The number of amides is 1. The van der Waals surface area contributed by atoms with E-state index in [9.17, 15) is 4.79 Å². The Balaban J connectivity index is 1.71. The van der Waals surface area contributed by atoms with Gasteiger partial charge < -0.3 is 15.5 Å². The van der Waals surface area contributed by atoms with Crippen LogP contribution < -0.4 is 5.73 Å². The molecule has 2 fully saturated rings. The van der Waals surface area contributed by atoms with Gasteiger partial charge in [-0.05, 0) is 26.9 Å². The van der Waals surface area contributed by atoms with E-state index in [1.165, 1.54) is 12.8 Å². The minimum Gasteiger partial charge on any atom is -0.340 e. The number of likely N-dealkylation sites (N-methyl/N-ethyl adjacent to an activating group) is 1. The Labute approximate surface area is 123 Å². The summed E-state index contributed by atoms with van der Waals surface area (Å²) in [5.74, 6) is 0.265. The molecule has 0 aromatic heterocycles. The number of carbonyl (C=O) groups is 1. The van der Waals surface area contributed by atoms with Crippen LogP contribution in [0.1, 0.15) is 32.1 Å². The Hall–Kier alpha value is -0.650. The highest BCUT2D eigenvalue weighted by Gasteiger charge is 2.33. The summed E-state index contributed by atoms with van der Waals surface area (Å²) in [6, 6.07) is 0. The second-order valence-electron chi connectivity index (χ2n) is 6.77. The molecule has 1 aliphatic heterocycles. The first-order chi connectivity index (χ1) is 9.48. The van der Waals surface area contributed by atoms with Crippen molar-refractivity contribution in [1.82, 2.24) is 14.7 Å². The van der Waals surface area contributed by atoms with Gasteiger partial charge in [0.25, 0.3) is 0 Å². The Morgan fingerprint density at radius 2 is 1.75 bits per heavy atom. The van der Waals surface area contributed by atoms with Crippen LogP contribution in [0, 0.1) is 0 Å². The van der Waals surface area contributed by atoms with Gasteiger partial charge in [-0.1, -0.05) is 12.8 Å². The number of rotatable bonds is 5. The molecular weight excluding hydrogens is 252 g/mol. The van der Waals surface area contributed by atoms with Crippen LogP contribution in [-0.2, 0) is 4.79 Å². The van der Waals surface area contributed by atoms with Gasteiger partial charge in [0.2, 0.25) is 5.91 Å². The van der Waals surface area contributed by atoms with Crippen LogP contribution in [0.3, 0.4) is 0 Å². The van der Waals surface area contributed by atoms with Gasteiger partial charge in [-0.15, -0.1) is 0 Å². The molecule has 5 nitrogen and oxygen atoms in total. The molecule has 2 N–H and O–H groups in total. The average Bonchev–Trinajstić information content (AvgIpc) is 2.83. The van der Waals surface area contributed by atoms with E-state index in [0.717, 1.165) is 52.1 Å². The first-order valence-corrected chi connectivity index (χ1v) is 7.92. The van der Waals surface area contributed by atoms with Gasteiger partial charge in [0.05, 0.1) is 0 Å². The first-order valence-electron chi connectivity index (χ1n) is 7.92. The van der Waals surface area contributed by atoms with Crippen LogP contribution in [0.25, 0.3) is 0 Å². The van der Waals surface area contributed by atoms with E-state index >= 15 is 0 Å². The largest absolute Gasteiger partial charge is 0.340 e. The molecule has 116 valence electrons. The molecule has 1 heterocycles. The maximum absolute atomic E-state index is 12.4. The van der Waals surface area contributed by atoms with Crippen molar-refractivity contribution in [2.75, 3.05) is 53.4 Å². The molecule has 0 unspecified atom stereocenters. The van der Waals surface area contributed by atoms with Gasteiger partial charge >= 0.3 is 0 Å². The molecule has 0 atom stereocenters. The molecule has 1 saturated heterocycles. The summed E-state index contributed by atoms with van der Waals surface area (Å²) in [7, 11) is 4.20. The normalized spacial score (nSPS) is 23.5. The van der Waals surface area contributed by atoms with Crippen LogP contribution in [-0.4, -0.2) is 79.5 Å². The van der Waals surface area contributed by atoms with Crippen LogP contribution in [0.5, 0.6) is 0 Å². The van der Waals surface area contributed by atoms with E-state index in [4.69, 9.17) is 5.73 Å². The van der Waals surface area contributed by atoms with Crippen molar-refractivity contribution < 1.29 is 4.79 Å². The van der Waals surface area contributed by atoms with Crippen LogP contribution in [0.2, 0.25) is 0 Å². The van der Waals surface area contributed by atoms with Crippen LogP contribution in [0.4, 0.5) is 0 Å². The van der Waals surface area contributed by atoms with Gasteiger partial charge in [0.15, 0.2) is 0 Å². The Morgan fingerprint density at radius 1 is 1.15 bits per heavy atom. The van der Waals surface area contributed by atoms with Gasteiger partial charge in [0, 0.05) is 51.2 Å². The molecule has 0 radical (unpaired) electrons. The highest BCUT2D eigenvalue weighted by molar-refractivity contribution is 5.77. The monoisotopic (exact) mass is 282 g/mol. The van der Waals surface area contributed by atoms with Gasteiger partial charge in [0.1, 0.15) is 0 Å². The van der Waals surface area contributed by atoms with E-state index in [2.05, 4.69) is 23.9 Å². The molecule has 0 spiro atoms. The summed E-state index contributed by atoms with van der Waals surface area (Å²) in [5, 5.41) is 0. The quantitative estimate of drug-likeness (QED) is 0.791. The number of nitrogens with two attached hydrogens (primary N) is 1. The molecule has 2 aliphatic rings. The third-order valence-electron chi connectivity index (χ3n) is 4.69. The minimum absolute atomic E-state index is 0.209. The molecule has 2 rings (SSSR count). The van der Waals surface area contributed by atoms with E-state index in [-0.39, 0.29) is 11.4 Å². The predicted octanol–water partition coefficient (Wildman–Crippen LogP) is 0.354. The Morgan fingerprint density at radius 3 is 2.30 bits per heavy atom. The lowest BCUT2D eigenvalue weighted by Crippen LogP contribution is -2.52. The molecule has 0 aromatic rings. The van der Waals surface area contributed by atoms with E-state index in [0.29, 0.717) is 6.42 Å². The summed E-state index contributed by atoms with van der Waals surface area (Å²) in [5.41, 5.74) is 6.10. The zero-order chi connectivity index (χ0) is 14.6.